The molecule has 0 N–H and O–H groups in total. The van der Waals surface area contributed by atoms with Crippen LogP contribution < -0.4 is 0 Å². The van der Waals surface area contributed by atoms with E-state index in [9.17, 15) is 0 Å². The van der Waals surface area contributed by atoms with Crippen LogP contribution in [0.25, 0.3) is 0 Å². The molecule has 0 saturated heterocycles. The maximum Gasteiger partial charge on any atom is 0.0991 e. The highest BCUT2D eigenvalue weighted by Gasteiger charge is 2.08. The molecule has 64 valence electrons. The van der Waals surface area contributed by atoms with Gasteiger partial charge < -0.3 is 0 Å². The van der Waals surface area contributed by atoms with Crippen molar-refractivity contribution in [3.8, 4) is 6.07 Å². The first-order valence-corrected chi connectivity index (χ1v) is 5.06. The summed E-state index contributed by atoms with van der Waals surface area (Å²) in [5, 5.41) is 9.71. The number of nitriles is 1. The zero-order valence-electron chi connectivity index (χ0n) is 7.03. The molecular weight excluding hydrogens is 180 g/mol. The standard InChI is InChI=1S/C10H8N2S/c11-7-8-1-3-9(4-2-8)10-12-5-6-13-10/h1-4H,5-6H2. The Bertz CT molecular complexity index is 373. The number of thioether (sulfide) groups is 1. The molecule has 1 aliphatic heterocycles. The monoisotopic (exact) mass is 188 g/mol. The maximum atomic E-state index is 8.61. The lowest BCUT2D eigenvalue weighted by Gasteiger charge is -1.98. The summed E-state index contributed by atoms with van der Waals surface area (Å²) < 4.78 is 0. The van der Waals surface area contributed by atoms with E-state index in [1.165, 1.54) is 0 Å². The van der Waals surface area contributed by atoms with E-state index in [1.54, 1.807) is 11.8 Å². The number of hydrogen-bond acceptors (Lipinski definition) is 3. The number of benzene rings is 1. The van der Waals surface area contributed by atoms with Gasteiger partial charge in [-0.25, -0.2) is 0 Å². The smallest absolute Gasteiger partial charge is 0.0991 e. The van der Waals surface area contributed by atoms with Crippen molar-refractivity contribution in [3.05, 3.63) is 35.4 Å². The van der Waals surface area contributed by atoms with Gasteiger partial charge in [0.05, 0.1) is 16.7 Å². The minimum absolute atomic E-state index is 0.701. The van der Waals surface area contributed by atoms with E-state index >= 15 is 0 Å². The van der Waals surface area contributed by atoms with Crippen LogP contribution in [0.4, 0.5) is 0 Å². The Morgan fingerprint density at radius 3 is 2.62 bits per heavy atom. The van der Waals surface area contributed by atoms with Crippen molar-refractivity contribution in [1.82, 2.24) is 0 Å². The van der Waals surface area contributed by atoms with Gasteiger partial charge in [0.15, 0.2) is 0 Å². The molecule has 0 amide bonds. The van der Waals surface area contributed by atoms with Crippen molar-refractivity contribution < 1.29 is 0 Å². The van der Waals surface area contributed by atoms with E-state index < -0.39 is 0 Å². The highest BCUT2D eigenvalue weighted by molar-refractivity contribution is 8.14. The van der Waals surface area contributed by atoms with Crippen molar-refractivity contribution in [2.75, 3.05) is 12.3 Å². The Balaban J connectivity index is 2.28. The lowest BCUT2D eigenvalue weighted by Crippen LogP contribution is -1.90. The third kappa shape index (κ3) is 1.73. The van der Waals surface area contributed by atoms with Gasteiger partial charge in [-0.05, 0) is 12.1 Å². The van der Waals surface area contributed by atoms with Crippen LogP contribution in [0.2, 0.25) is 0 Å². The molecule has 1 aromatic rings. The molecule has 1 aromatic carbocycles. The molecule has 2 nitrogen and oxygen atoms in total. The second-order valence-electron chi connectivity index (χ2n) is 2.72. The van der Waals surface area contributed by atoms with Gasteiger partial charge in [0.1, 0.15) is 0 Å². The van der Waals surface area contributed by atoms with Crippen LogP contribution in [0.5, 0.6) is 0 Å². The summed E-state index contributed by atoms with van der Waals surface area (Å²) in [7, 11) is 0. The summed E-state index contributed by atoms with van der Waals surface area (Å²) >= 11 is 1.78. The Hall–Kier alpha value is -1.27. The Morgan fingerprint density at radius 1 is 1.31 bits per heavy atom. The Morgan fingerprint density at radius 2 is 2.08 bits per heavy atom. The average Bonchev–Trinajstić information content (AvgIpc) is 2.71. The topological polar surface area (TPSA) is 36.1 Å². The number of nitrogens with zero attached hydrogens (tertiary/aromatic N) is 2. The summed E-state index contributed by atoms with van der Waals surface area (Å²) in [6.07, 6.45) is 0. The van der Waals surface area contributed by atoms with Crippen LogP contribution in [0.15, 0.2) is 29.3 Å². The fourth-order valence-corrected chi connectivity index (χ4v) is 2.06. The fraction of sp³-hybridized carbons (Fsp3) is 0.200. The van der Waals surface area contributed by atoms with E-state index in [-0.39, 0.29) is 0 Å². The average molecular weight is 188 g/mol. The first-order valence-electron chi connectivity index (χ1n) is 4.08. The lowest BCUT2D eigenvalue weighted by atomic mass is 10.2. The van der Waals surface area contributed by atoms with E-state index in [0.717, 1.165) is 22.9 Å². The molecule has 1 heterocycles. The van der Waals surface area contributed by atoms with Gasteiger partial charge in [0.2, 0.25) is 0 Å². The SMILES string of the molecule is N#Cc1ccc(C2=NCCS2)cc1. The summed E-state index contributed by atoms with van der Waals surface area (Å²) in [5.41, 5.74) is 1.83. The molecule has 0 aliphatic carbocycles. The second kappa shape index (κ2) is 3.63. The summed E-state index contributed by atoms with van der Waals surface area (Å²) in [6.45, 7) is 0.917. The third-order valence-electron chi connectivity index (χ3n) is 1.85. The Kier molecular flexibility index (Phi) is 2.33. The summed E-state index contributed by atoms with van der Waals surface area (Å²) in [6, 6.07) is 9.67. The van der Waals surface area contributed by atoms with Gasteiger partial charge in [-0.2, -0.15) is 5.26 Å². The van der Waals surface area contributed by atoms with Gasteiger partial charge in [0.25, 0.3) is 0 Å². The first-order chi connectivity index (χ1) is 6.40. The van der Waals surface area contributed by atoms with Crippen LogP contribution in [-0.2, 0) is 0 Å². The van der Waals surface area contributed by atoms with Crippen LogP contribution in [-0.4, -0.2) is 17.3 Å². The molecule has 0 saturated carbocycles. The van der Waals surface area contributed by atoms with Crippen LogP contribution in [0, 0.1) is 11.3 Å². The molecule has 0 atom stereocenters. The van der Waals surface area contributed by atoms with Gasteiger partial charge in [-0.3, -0.25) is 4.99 Å². The summed E-state index contributed by atoms with van der Waals surface area (Å²) in [5.74, 6) is 1.08. The summed E-state index contributed by atoms with van der Waals surface area (Å²) in [4.78, 5) is 4.36. The fourth-order valence-electron chi connectivity index (χ4n) is 1.20. The molecular formula is C10H8N2S. The first kappa shape index (κ1) is 8.33. The van der Waals surface area contributed by atoms with Gasteiger partial charge in [-0.15, -0.1) is 11.8 Å². The van der Waals surface area contributed by atoms with Gasteiger partial charge in [-0.1, -0.05) is 12.1 Å². The highest BCUT2D eigenvalue weighted by atomic mass is 32.2. The minimum atomic E-state index is 0.701. The normalized spacial score (nSPS) is 15.2. The van der Waals surface area contributed by atoms with E-state index in [4.69, 9.17) is 5.26 Å². The molecule has 0 bridgehead atoms. The van der Waals surface area contributed by atoms with Gasteiger partial charge >= 0.3 is 0 Å². The van der Waals surface area contributed by atoms with Crippen molar-refractivity contribution in [1.29, 1.82) is 5.26 Å². The molecule has 0 spiro atoms. The number of rotatable bonds is 1. The molecule has 3 heteroatoms. The molecule has 0 aromatic heterocycles. The van der Waals surface area contributed by atoms with E-state index in [2.05, 4.69) is 11.1 Å². The van der Waals surface area contributed by atoms with Gasteiger partial charge in [0, 0.05) is 17.9 Å². The van der Waals surface area contributed by atoms with Crippen LogP contribution >= 0.6 is 11.8 Å². The zero-order valence-corrected chi connectivity index (χ0v) is 7.84. The van der Waals surface area contributed by atoms with Crippen LogP contribution in [0.1, 0.15) is 11.1 Å². The minimum Gasteiger partial charge on any atom is -0.277 e. The third-order valence-corrected chi connectivity index (χ3v) is 2.87. The highest BCUT2D eigenvalue weighted by Crippen LogP contribution is 2.19. The molecule has 2 rings (SSSR count). The predicted molar refractivity (Wildman–Crippen MR) is 55.0 cm³/mol. The molecule has 1 aliphatic rings. The largest absolute Gasteiger partial charge is 0.277 e. The molecule has 0 radical (unpaired) electrons. The van der Waals surface area contributed by atoms with E-state index in [0.29, 0.717) is 5.56 Å². The van der Waals surface area contributed by atoms with E-state index in [1.807, 2.05) is 24.3 Å². The number of aliphatic imine (C=N–C) groups is 1. The number of hydrogen-bond donors (Lipinski definition) is 0. The van der Waals surface area contributed by atoms with Crippen LogP contribution in [0.3, 0.4) is 0 Å². The van der Waals surface area contributed by atoms with Crippen molar-refractivity contribution in [2.24, 2.45) is 4.99 Å². The quantitative estimate of drug-likeness (QED) is 0.676. The zero-order chi connectivity index (χ0) is 9.10. The second-order valence-corrected chi connectivity index (χ2v) is 3.81. The Labute approximate surface area is 81.3 Å². The van der Waals surface area contributed by atoms with Crippen molar-refractivity contribution in [2.45, 2.75) is 0 Å². The molecule has 0 unspecified atom stereocenters. The maximum absolute atomic E-state index is 8.61. The molecule has 0 fully saturated rings. The molecule has 13 heavy (non-hydrogen) atoms. The lowest BCUT2D eigenvalue weighted by molar-refractivity contribution is 1.17. The van der Waals surface area contributed by atoms with Crippen molar-refractivity contribution in [3.63, 3.8) is 0 Å². The van der Waals surface area contributed by atoms with Crippen molar-refractivity contribution >= 4 is 16.8 Å². The predicted octanol–water partition coefficient (Wildman–Crippen LogP) is 2.05.